The third kappa shape index (κ3) is 2.81. The minimum absolute atomic E-state index is 0.230. The van der Waals surface area contributed by atoms with E-state index < -0.39 is 12.0 Å². The van der Waals surface area contributed by atoms with Gasteiger partial charge in [0.05, 0.1) is 9.50 Å². The number of benzene rings is 2. The average Bonchev–Trinajstić information content (AvgIpc) is 3.43. The highest BCUT2D eigenvalue weighted by Gasteiger charge is 2.39. The first-order chi connectivity index (χ1) is 13.6. The number of hydrogen-bond acceptors (Lipinski definition) is 3. The molecule has 1 aliphatic heterocycles. The van der Waals surface area contributed by atoms with Gasteiger partial charge in [-0.2, -0.15) is 0 Å². The second kappa shape index (κ2) is 6.78. The summed E-state index contributed by atoms with van der Waals surface area (Å²) in [6, 6.07) is 13.8. The van der Waals surface area contributed by atoms with E-state index in [-0.39, 0.29) is 5.56 Å². The predicted molar refractivity (Wildman–Crippen MR) is 115 cm³/mol. The van der Waals surface area contributed by atoms with Gasteiger partial charge in [-0.3, -0.25) is 9.36 Å². The normalized spacial score (nSPS) is 18.4. The molecule has 0 spiro atoms. The second-order valence-electron chi connectivity index (χ2n) is 7.44. The molecule has 0 saturated heterocycles. The summed E-state index contributed by atoms with van der Waals surface area (Å²) in [5, 5.41) is 12.8. The molecule has 1 aliphatic carbocycles. The number of carboxylic acids is 1. The maximum atomic E-state index is 13.1. The molecule has 0 amide bonds. The quantitative estimate of drug-likeness (QED) is 0.603. The zero-order valence-corrected chi connectivity index (χ0v) is 17.4. The van der Waals surface area contributed by atoms with Crippen molar-refractivity contribution in [2.24, 2.45) is 0 Å². The summed E-state index contributed by atoms with van der Waals surface area (Å²) < 4.78 is 2.01. The Morgan fingerprint density at radius 2 is 1.93 bits per heavy atom. The summed E-state index contributed by atoms with van der Waals surface area (Å²) in [6.45, 7) is 0. The Kier molecular flexibility index (Phi) is 4.36. The molecular weight excluding hydrogens is 438 g/mol. The largest absolute Gasteiger partial charge is 0.480 e. The van der Waals surface area contributed by atoms with Crippen LogP contribution in [0.4, 0.5) is 0 Å². The summed E-state index contributed by atoms with van der Waals surface area (Å²) in [6.07, 6.45) is 2.85. The molecule has 0 unspecified atom stereocenters. The number of fused-ring (bicyclic) bond motifs is 2. The maximum absolute atomic E-state index is 13.1. The lowest BCUT2D eigenvalue weighted by Crippen LogP contribution is -2.30. The van der Waals surface area contributed by atoms with Gasteiger partial charge in [0.2, 0.25) is 0 Å². The molecule has 5 rings (SSSR count). The van der Waals surface area contributed by atoms with Crippen LogP contribution in [0.1, 0.15) is 41.5 Å². The zero-order chi connectivity index (χ0) is 19.4. The van der Waals surface area contributed by atoms with Crippen molar-refractivity contribution in [1.82, 2.24) is 4.57 Å². The van der Waals surface area contributed by atoms with Crippen molar-refractivity contribution < 1.29 is 9.90 Å². The molecule has 0 bridgehead atoms. The van der Waals surface area contributed by atoms with Crippen molar-refractivity contribution in [3.8, 4) is 0 Å². The molecule has 3 aromatic rings. The molecule has 1 atom stereocenters. The molecule has 2 heterocycles. The van der Waals surface area contributed by atoms with E-state index >= 15 is 0 Å². The summed E-state index contributed by atoms with van der Waals surface area (Å²) in [5.74, 6) is -0.110. The van der Waals surface area contributed by atoms with Crippen LogP contribution in [0.2, 0.25) is 0 Å². The van der Waals surface area contributed by atoms with Crippen molar-refractivity contribution in [2.75, 3.05) is 5.75 Å². The van der Waals surface area contributed by atoms with Gasteiger partial charge in [-0.1, -0.05) is 42.5 Å². The molecule has 28 heavy (non-hydrogen) atoms. The number of halogens is 1. The number of pyridine rings is 1. The Morgan fingerprint density at radius 1 is 1.18 bits per heavy atom. The summed E-state index contributed by atoms with van der Waals surface area (Å²) in [4.78, 5) is 24.7. The lowest BCUT2D eigenvalue weighted by molar-refractivity contribution is -0.140. The number of thioether (sulfide) groups is 1. The maximum Gasteiger partial charge on any atom is 0.327 e. The highest BCUT2D eigenvalue weighted by atomic mass is 79.9. The smallest absolute Gasteiger partial charge is 0.327 e. The molecule has 1 N–H and O–H groups in total. The van der Waals surface area contributed by atoms with Gasteiger partial charge in [-0.15, -0.1) is 11.8 Å². The fourth-order valence-corrected chi connectivity index (χ4v) is 6.10. The standard InChI is InChI=1S/C22H18BrNO3S/c23-19-16(10-14-6-3-5-12-4-1-2-7-15(12)14)18(13-8-9-13)21-24(20(19)25)17(11-28-21)22(26)27/h1-7,13,17H,8-11H2,(H,26,27)/t17-/m0/s1. The minimum Gasteiger partial charge on any atom is -0.480 e. The van der Waals surface area contributed by atoms with Crippen LogP contribution >= 0.6 is 27.7 Å². The first-order valence-electron chi connectivity index (χ1n) is 9.35. The van der Waals surface area contributed by atoms with Crippen LogP contribution in [0.15, 0.2) is 56.8 Å². The Morgan fingerprint density at radius 3 is 2.68 bits per heavy atom. The Balaban J connectivity index is 1.71. The van der Waals surface area contributed by atoms with E-state index in [0.29, 0.717) is 22.6 Å². The lowest BCUT2D eigenvalue weighted by atomic mass is 9.95. The Bertz CT molecular complexity index is 1180. The highest BCUT2D eigenvalue weighted by Crippen LogP contribution is 2.50. The lowest BCUT2D eigenvalue weighted by Gasteiger charge is -2.19. The van der Waals surface area contributed by atoms with Gasteiger partial charge in [0, 0.05) is 5.75 Å². The van der Waals surface area contributed by atoms with Crippen LogP contribution in [-0.4, -0.2) is 21.4 Å². The van der Waals surface area contributed by atoms with Crippen molar-refractivity contribution >= 4 is 44.4 Å². The average molecular weight is 456 g/mol. The van der Waals surface area contributed by atoms with Crippen LogP contribution < -0.4 is 5.56 Å². The molecule has 142 valence electrons. The number of hydrogen-bond donors (Lipinski definition) is 1. The van der Waals surface area contributed by atoms with E-state index in [0.717, 1.165) is 23.4 Å². The summed E-state index contributed by atoms with van der Waals surface area (Å²) in [7, 11) is 0. The monoisotopic (exact) mass is 455 g/mol. The van der Waals surface area contributed by atoms with E-state index in [1.807, 2.05) is 12.1 Å². The summed E-state index contributed by atoms with van der Waals surface area (Å²) >= 11 is 5.06. The number of nitrogens with zero attached hydrogens (tertiary/aromatic N) is 1. The van der Waals surface area contributed by atoms with Crippen LogP contribution in [-0.2, 0) is 11.2 Å². The molecule has 1 saturated carbocycles. The zero-order valence-electron chi connectivity index (χ0n) is 15.0. The number of carboxylic acid groups (broad SMARTS) is 1. The Labute approximate surface area is 174 Å². The SMILES string of the molecule is O=C(O)[C@@H]1CSc2c(C3CC3)c(Cc3cccc4ccccc34)c(Br)c(=O)n21. The van der Waals surface area contributed by atoms with Gasteiger partial charge in [-0.05, 0) is 68.6 Å². The van der Waals surface area contributed by atoms with Crippen LogP contribution in [0, 0.1) is 0 Å². The van der Waals surface area contributed by atoms with Crippen LogP contribution in [0.3, 0.4) is 0 Å². The first kappa shape index (κ1) is 18.0. The first-order valence-corrected chi connectivity index (χ1v) is 11.1. The number of carbonyl (C=O) groups is 1. The van der Waals surface area contributed by atoms with Crippen molar-refractivity contribution in [1.29, 1.82) is 0 Å². The van der Waals surface area contributed by atoms with Crippen LogP contribution in [0.5, 0.6) is 0 Å². The van der Waals surface area contributed by atoms with Crippen molar-refractivity contribution in [3.05, 3.63) is 74.0 Å². The fraction of sp³-hybridized carbons (Fsp3) is 0.273. The number of rotatable bonds is 4. The molecule has 2 aromatic carbocycles. The Hall–Kier alpha value is -2.05. The van der Waals surface area contributed by atoms with Crippen molar-refractivity contribution in [2.45, 2.75) is 36.2 Å². The van der Waals surface area contributed by atoms with Gasteiger partial charge < -0.3 is 5.11 Å². The highest BCUT2D eigenvalue weighted by molar-refractivity contribution is 9.10. The van der Waals surface area contributed by atoms with Crippen LogP contribution in [0.25, 0.3) is 10.8 Å². The second-order valence-corrected chi connectivity index (χ2v) is 9.24. The van der Waals surface area contributed by atoms with Gasteiger partial charge >= 0.3 is 5.97 Å². The topological polar surface area (TPSA) is 59.3 Å². The molecule has 6 heteroatoms. The van der Waals surface area contributed by atoms with E-state index in [1.165, 1.54) is 38.2 Å². The van der Waals surface area contributed by atoms with E-state index in [1.54, 1.807) is 0 Å². The van der Waals surface area contributed by atoms with Gasteiger partial charge in [0.1, 0.15) is 6.04 Å². The van der Waals surface area contributed by atoms with E-state index in [9.17, 15) is 14.7 Å². The fourth-order valence-electron chi connectivity index (χ4n) is 4.15. The minimum atomic E-state index is -0.941. The van der Waals surface area contributed by atoms with Gasteiger partial charge in [0.15, 0.2) is 0 Å². The third-order valence-corrected chi connectivity index (χ3v) is 7.64. The van der Waals surface area contributed by atoms with E-state index in [2.05, 4.69) is 46.3 Å². The van der Waals surface area contributed by atoms with E-state index in [4.69, 9.17) is 0 Å². The molecular formula is C22H18BrNO3S. The predicted octanol–water partition coefficient (Wildman–Crippen LogP) is 4.96. The molecule has 2 aliphatic rings. The third-order valence-electron chi connectivity index (χ3n) is 5.65. The molecule has 0 radical (unpaired) electrons. The number of aromatic nitrogens is 1. The molecule has 1 fully saturated rings. The molecule has 4 nitrogen and oxygen atoms in total. The van der Waals surface area contributed by atoms with Gasteiger partial charge in [-0.25, -0.2) is 4.79 Å². The summed E-state index contributed by atoms with van der Waals surface area (Å²) in [5.41, 5.74) is 3.15. The van der Waals surface area contributed by atoms with Crippen molar-refractivity contribution in [3.63, 3.8) is 0 Å². The number of aliphatic carboxylic acids is 1. The van der Waals surface area contributed by atoms with Gasteiger partial charge in [0.25, 0.3) is 5.56 Å². The molecule has 1 aromatic heterocycles.